The van der Waals surface area contributed by atoms with Crippen LogP contribution in [0.2, 0.25) is 5.02 Å². The van der Waals surface area contributed by atoms with E-state index in [1.807, 2.05) is 0 Å². The summed E-state index contributed by atoms with van der Waals surface area (Å²) in [5, 5.41) is 15.9. The Morgan fingerprint density at radius 2 is 1.71 bits per heavy atom. The van der Waals surface area contributed by atoms with E-state index < -0.39 is 47.0 Å². The molecule has 4 amide bonds. The predicted octanol–water partition coefficient (Wildman–Crippen LogP) is 5.34. The summed E-state index contributed by atoms with van der Waals surface area (Å²) in [6.45, 7) is 1.24. The number of benzene rings is 3. The third kappa shape index (κ3) is 6.45. The molecular formula is C29H27ClF3N3O5. The molecule has 0 saturated heterocycles. The van der Waals surface area contributed by atoms with Crippen molar-refractivity contribution >= 4 is 51.9 Å². The molecule has 0 spiro atoms. The number of anilines is 1. The van der Waals surface area contributed by atoms with E-state index in [-0.39, 0.29) is 23.4 Å². The number of aliphatic carboxylic acids is 1. The third-order valence-electron chi connectivity index (χ3n) is 7.15. The van der Waals surface area contributed by atoms with Crippen LogP contribution in [0.1, 0.15) is 36.5 Å². The Morgan fingerprint density at radius 1 is 1.05 bits per heavy atom. The molecule has 0 bridgehead atoms. The summed E-state index contributed by atoms with van der Waals surface area (Å²) in [4.78, 5) is 51.1. The van der Waals surface area contributed by atoms with Gasteiger partial charge >= 0.3 is 18.2 Å². The van der Waals surface area contributed by atoms with Crippen LogP contribution in [0.3, 0.4) is 0 Å². The van der Waals surface area contributed by atoms with E-state index in [0.717, 1.165) is 17.0 Å². The molecule has 0 aliphatic heterocycles. The number of rotatable bonds is 8. The monoisotopic (exact) mass is 589 g/mol. The molecule has 216 valence electrons. The number of hydrogen-bond acceptors (Lipinski definition) is 4. The maximum atomic E-state index is 13.3. The summed E-state index contributed by atoms with van der Waals surface area (Å²) in [5.41, 5.74) is -0.870. The second-order valence-electron chi connectivity index (χ2n) is 10.1. The Bertz CT molecular complexity index is 1540. The van der Waals surface area contributed by atoms with Crippen LogP contribution in [0.15, 0.2) is 54.6 Å². The van der Waals surface area contributed by atoms with Crippen molar-refractivity contribution in [3.05, 3.63) is 76.3 Å². The van der Waals surface area contributed by atoms with E-state index >= 15 is 0 Å². The van der Waals surface area contributed by atoms with Gasteiger partial charge in [-0.2, -0.15) is 13.2 Å². The largest absolute Gasteiger partial charge is 0.480 e. The summed E-state index contributed by atoms with van der Waals surface area (Å²) >= 11 is 5.90. The Hall–Kier alpha value is -4.12. The number of nitrogens with zero attached hydrogens (tertiary/aromatic N) is 1. The number of hydrogen-bond donors (Lipinski definition) is 3. The predicted molar refractivity (Wildman–Crippen MR) is 147 cm³/mol. The number of nitrogens with one attached hydrogen (secondary N) is 2. The van der Waals surface area contributed by atoms with Gasteiger partial charge in [-0.25, -0.2) is 14.5 Å². The second-order valence-corrected chi connectivity index (χ2v) is 10.5. The van der Waals surface area contributed by atoms with Crippen molar-refractivity contribution in [2.24, 2.45) is 5.41 Å². The van der Waals surface area contributed by atoms with E-state index in [2.05, 4.69) is 10.6 Å². The van der Waals surface area contributed by atoms with E-state index in [9.17, 15) is 37.5 Å². The van der Waals surface area contributed by atoms with Crippen LogP contribution in [0, 0.1) is 5.41 Å². The molecule has 0 aromatic heterocycles. The first-order chi connectivity index (χ1) is 19.3. The van der Waals surface area contributed by atoms with Gasteiger partial charge < -0.3 is 15.7 Å². The van der Waals surface area contributed by atoms with E-state index in [1.54, 1.807) is 36.4 Å². The number of fused-ring (bicyclic) bond motifs is 1. The number of carboxylic acids is 1. The van der Waals surface area contributed by atoms with Gasteiger partial charge in [0, 0.05) is 30.8 Å². The Balaban J connectivity index is 1.59. The molecule has 4 rings (SSSR count). The van der Waals surface area contributed by atoms with E-state index in [1.165, 1.54) is 20.0 Å². The highest BCUT2D eigenvalue weighted by Gasteiger charge is 2.50. The lowest BCUT2D eigenvalue weighted by atomic mass is 9.93. The fraction of sp³-hybridized carbons (Fsp3) is 0.310. The van der Waals surface area contributed by atoms with Gasteiger partial charge in [-0.3, -0.25) is 9.59 Å². The zero-order valence-corrected chi connectivity index (χ0v) is 22.9. The van der Waals surface area contributed by atoms with Crippen LogP contribution in [-0.2, 0) is 33.4 Å². The summed E-state index contributed by atoms with van der Waals surface area (Å²) in [7, 11) is 1.39. The zero-order valence-electron chi connectivity index (χ0n) is 22.1. The minimum Gasteiger partial charge on any atom is -0.480 e. The van der Waals surface area contributed by atoms with Gasteiger partial charge in [-0.15, -0.1) is 0 Å². The zero-order chi connectivity index (χ0) is 30.1. The van der Waals surface area contributed by atoms with Crippen molar-refractivity contribution < 1.29 is 37.5 Å². The maximum Gasteiger partial charge on any atom is 0.416 e. The first kappa shape index (κ1) is 29.9. The summed E-state index contributed by atoms with van der Waals surface area (Å²) in [6, 6.07) is 11.1. The fourth-order valence-electron chi connectivity index (χ4n) is 4.94. The lowest BCUT2D eigenvalue weighted by Crippen LogP contribution is -2.46. The van der Waals surface area contributed by atoms with Crippen molar-refractivity contribution in [1.29, 1.82) is 0 Å². The first-order valence-electron chi connectivity index (χ1n) is 12.7. The molecule has 1 atom stereocenters. The average molecular weight is 590 g/mol. The lowest BCUT2D eigenvalue weighted by Gasteiger charge is -2.23. The number of halogens is 4. The average Bonchev–Trinajstić information content (AvgIpc) is 3.68. The fourth-order valence-corrected chi connectivity index (χ4v) is 5.20. The van der Waals surface area contributed by atoms with Crippen LogP contribution in [-0.4, -0.2) is 42.0 Å². The van der Waals surface area contributed by atoms with Gasteiger partial charge in [-0.1, -0.05) is 41.9 Å². The molecule has 1 fully saturated rings. The van der Waals surface area contributed by atoms with Gasteiger partial charge in [0.2, 0.25) is 11.8 Å². The molecule has 3 aromatic rings. The number of carbonyl (C=O) groups is 4. The van der Waals surface area contributed by atoms with Crippen LogP contribution >= 0.6 is 11.6 Å². The van der Waals surface area contributed by atoms with Gasteiger partial charge in [0.1, 0.15) is 6.04 Å². The topological polar surface area (TPSA) is 116 Å². The highest BCUT2D eigenvalue weighted by molar-refractivity contribution is 6.30. The number of carbonyl (C=O) groups excluding carboxylic acids is 3. The van der Waals surface area contributed by atoms with Gasteiger partial charge in [0.15, 0.2) is 0 Å². The molecule has 0 radical (unpaired) electrons. The molecule has 41 heavy (non-hydrogen) atoms. The van der Waals surface area contributed by atoms with Gasteiger partial charge in [0.25, 0.3) is 0 Å². The summed E-state index contributed by atoms with van der Waals surface area (Å²) < 4.78 is 39.8. The molecule has 1 aliphatic carbocycles. The minimum absolute atomic E-state index is 0.0210. The van der Waals surface area contributed by atoms with Crippen molar-refractivity contribution in [3.8, 4) is 0 Å². The number of alkyl halides is 3. The van der Waals surface area contributed by atoms with Crippen molar-refractivity contribution in [3.63, 3.8) is 0 Å². The molecular weight excluding hydrogens is 563 g/mol. The molecule has 3 aromatic carbocycles. The normalized spacial score (nSPS) is 14.7. The third-order valence-corrected chi connectivity index (χ3v) is 7.37. The lowest BCUT2D eigenvalue weighted by molar-refractivity contribution is -0.142. The SMILES string of the molecule is CNC(=O)N(C(C)=O)c1cccc2c(C[C@H](NC(=O)C3(Cc4cc(Cl)cc(C(F)(F)F)c4)CC3)C(=O)O)cccc12. The molecule has 12 heteroatoms. The molecule has 1 aliphatic rings. The molecule has 8 nitrogen and oxygen atoms in total. The maximum absolute atomic E-state index is 13.3. The van der Waals surface area contributed by atoms with Crippen LogP contribution in [0.25, 0.3) is 10.8 Å². The highest BCUT2D eigenvalue weighted by Crippen LogP contribution is 2.49. The van der Waals surface area contributed by atoms with Gasteiger partial charge in [-0.05, 0) is 60.0 Å². The van der Waals surface area contributed by atoms with Crippen molar-refractivity contribution in [2.45, 2.75) is 44.8 Å². The smallest absolute Gasteiger partial charge is 0.416 e. The van der Waals surface area contributed by atoms with Gasteiger partial charge in [0.05, 0.1) is 16.7 Å². The van der Waals surface area contributed by atoms with Crippen LogP contribution in [0.5, 0.6) is 0 Å². The first-order valence-corrected chi connectivity index (χ1v) is 13.1. The molecule has 3 N–H and O–H groups in total. The minimum atomic E-state index is -4.60. The Labute approximate surface area is 238 Å². The van der Waals surface area contributed by atoms with Crippen molar-refractivity contribution in [1.82, 2.24) is 10.6 Å². The number of amides is 4. The summed E-state index contributed by atoms with van der Waals surface area (Å²) in [6.07, 6.45) is -3.97. The molecule has 1 saturated carbocycles. The quantitative estimate of drug-likeness (QED) is 0.328. The molecule has 0 heterocycles. The highest BCUT2D eigenvalue weighted by atomic mass is 35.5. The second kappa shape index (κ2) is 11.4. The summed E-state index contributed by atoms with van der Waals surface area (Å²) in [5.74, 6) is -2.38. The molecule has 0 unspecified atom stereocenters. The number of imide groups is 1. The van der Waals surface area contributed by atoms with E-state index in [0.29, 0.717) is 34.9 Å². The standard InChI is InChI=1S/C29H27ClF3N3O5/c1-16(37)36(27(41)34-2)24-8-4-6-21-18(5-3-7-22(21)24)13-23(25(38)39)35-26(40)28(9-10-28)15-17-11-19(29(31,32)33)14-20(30)12-17/h3-8,11-12,14,23H,9-10,13,15H2,1-2H3,(H,34,41)(H,35,40)(H,38,39)/t23-/m0/s1. The van der Waals surface area contributed by atoms with Crippen molar-refractivity contribution in [2.75, 3.05) is 11.9 Å². The Kier molecular flexibility index (Phi) is 8.30. The van der Waals surface area contributed by atoms with Crippen LogP contribution in [0.4, 0.5) is 23.7 Å². The number of carboxylic acid groups (broad SMARTS) is 1. The Morgan fingerprint density at radius 3 is 2.29 bits per heavy atom. The van der Waals surface area contributed by atoms with E-state index in [4.69, 9.17) is 11.6 Å². The van der Waals surface area contributed by atoms with Crippen LogP contribution < -0.4 is 15.5 Å². The number of urea groups is 1.